The normalized spacial score (nSPS) is 14.2. The zero-order valence-electron chi connectivity index (χ0n) is 15.8. The predicted octanol–water partition coefficient (Wildman–Crippen LogP) is 3.26. The predicted molar refractivity (Wildman–Crippen MR) is 110 cm³/mol. The highest BCUT2D eigenvalue weighted by Crippen LogP contribution is 2.34. The molecule has 0 aromatic heterocycles. The molecule has 6 nitrogen and oxygen atoms in total. The number of nitrogens with zero attached hydrogens (tertiary/aromatic N) is 1. The fourth-order valence-electron chi connectivity index (χ4n) is 2.81. The third kappa shape index (κ3) is 4.72. The molecule has 1 aliphatic heterocycles. The van der Waals surface area contributed by atoms with E-state index in [2.05, 4.69) is 12.2 Å². The van der Waals surface area contributed by atoms with Crippen LogP contribution < -0.4 is 10.2 Å². The zero-order valence-corrected chi connectivity index (χ0v) is 16.6. The Morgan fingerprint density at radius 2 is 1.89 bits per heavy atom. The van der Waals surface area contributed by atoms with E-state index >= 15 is 0 Å². The second kappa shape index (κ2) is 8.93. The minimum absolute atomic E-state index is 0.159. The molecule has 0 saturated heterocycles. The van der Waals surface area contributed by atoms with Crippen molar-refractivity contribution >= 4 is 40.9 Å². The first kappa shape index (κ1) is 19.9. The van der Waals surface area contributed by atoms with E-state index in [9.17, 15) is 14.4 Å². The summed E-state index contributed by atoms with van der Waals surface area (Å²) >= 11 is 1.44. The quantitative estimate of drug-likeness (QED) is 0.756. The van der Waals surface area contributed by atoms with Crippen molar-refractivity contribution in [3.05, 3.63) is 54.1 Å². The first-order valence-electron chi connectivity index (χ1n) is 9.09. The second-order valence-electron chi connectivity index (χ2n) is 6.41. The molecule has 28 heavy (non-hydrogen) atoms. The molecule has 146 valence electrons. The highest BCUT2D eigenvalue weighted by Gasteiger charge is 2.28. The number of hydrogen-bond donors (Lipinski definition) is 1. The number of carbonyl (C=O) groups excluding carboxylic acids is 3. The average Bonchev–Trinajstić information content (AvgIpc) is 2.70. The molecule has 0 aliphatic carbocycles. The molecule has 0 fully saturated rings. The number of aryl methyl sites for hydroxylation is 1. The number of hydrogen-bond acceptors (Lipinski definition) is 5. The molecule has 0 radical (unpaired) electrons. The van der Waals surface area contributed by atoms with Crippen LogP contribution in [0.2, 0.25) is 0 Å². The summed E-state index contributed by atoms with van der Waals surface area (Å²) in [4.78, 5) is 39.2. The molecule has 3 rings (SSSR count). The molecule has 2 amide bonds. The number of esters is 1. The van der Waals surface area contributed by atoms with Gasteiger partial charge in [-0.3, -0.25) is 19.3 Å². The molecule has 1 aliphatic rings. The molecule has 2 aromatic carbocycles. The summed E-state index contributed by atoms with van der Waals surface area (Å²) in [6.45, 7) is 3.34. The average molecular weight is 398 g/mol. The number of nitrogens with one attached hydrogen (secondary N) is 1. The van der Waals surface area contributed by atoms with Crippen molar-refractivity contribution < 1.29 is 19.1 Å². The zero-order chi connectivity index (χ0) is 20.1. The van der Waals surface area contributed by atoms with Gasteiger partial charge >= 0.3 is 5.97 Å². The van der Waals surface area contributed by atoms with Crippen molar-refractivity contribution in [3.8, 4) is 0 Å². The fourth-order valence-corrected chi connectivity index (χ4v) is 3.75. The van der Waals surface area contributed by atoms with Gasteiger partial charge in [-0.1, -0.05) is 31.2 Å². The SMILES string of the molecule is CCc1ccc(NC(=O)[C@H](C)OC(=O)CN2C(=O)CSc3ccccc32)cc1. The summed E-state index contributed by atoms with van der Waals surface area (Å²) in [6.07, 6.45) is -0.0538. The standard InChI is InChI=1S/C21H22N2O4S/c1-3-15-8-10-16(11-9-15)22-21(26)14(2)27-20(25)12-23-17-6-4-5-7-18(17)28-13-19(23)24/h4-11,14H,3,12-13H2,1-2H3,(H,22,26)/t14-/m0/s1. The Hall–Kier alpha value is -2.80. The Morgan fingerprint density at radius 1 is 1.18 bits per heavy atom. The maximum absolute atomic E-state index is 12.3. The molecule has 2 aromatic rings. The van der Waals surface area contributed by atoms with Gasteiger partial charge in [-0.05, 0) is 43.2 Å². The van der Waals surface area contributed by atoms with E-state index < -0.39 is 18.0 Å². The van der Waals surface area contributed by atoms with E-state index in [1.807, 2.05) is 42.5 Å². The van der Waals surface area contributed by atoms with Gasteiger partial charge in [0.15, 0.2) is 6.10 Å². The van der Waals surface area contributed by atoms with Gasteiger partial charge in [-0.15, -0.1) is 11.8 Å². The lowest BCUT2D eigenvalue weighted by Crippen LogP contribution is -2.41. The Kier molecular flexibility index (Phi) is 6.36. The van der Waals surface area contributed by atoms with Gasteiger partial charge in [-0.25, -0.2) is 0 Å². The monoisotopic (exact) mass is 398 g/mol. The Morgan fingerprint density at radius 3 is 2.61 bits per heavy atom. The molecular weight excluding hydrogens is 376 g/mol. The van der Waals surface area contributed by atoms with Gasteiger partial charge in [0.1, 0.15) is 6.54 Å². The number of rotatable bonds is 6. The summed E-state index contributed by atoms with van der Waals surface area (Å²) in [5.41, 5.74) is 2.50. The van der Waals surface area contributed by atoms with Crippen molar-refractivity contribution in [2.24, 2.45) is 0 Å². The molecule has 0 bridgehead atoms. The van der Waals surface area contributed by atoms with Gasteiger partial charge in [0.2, 0.25) is 5.91 Å². The first-order chi connectivity index (χ1) is 13.5. The third-order valence-electron chi connectivity index (χ3n) is 4.40. The molecule has 1 heterocycles. The Labute approximate surface area is 168 Å². The largest absolute Gasteiger partial charge is 0.451 e. The molecule has 0 spiro atoms. The van der Waals surface area contributed by atoms with E-state index in [0.717, 1.165) is 11.3 Å². The summed E-state index contributed by atoms with van der Waals surface area (Å²) in [5.74, 6) is -0.931. The van der Waals surface area contributed by atoms with Gasteiger partial charge in [-0.2, -0.15) is 0 Å². The van der Waals surface area contributed by atoms with E-state index in [1.165, 1.54) is 29.1 Å². The summed E-state index contributed by atoms with van der Waals surface area (Å²) < 4.78 is 5.24. The van der Waals surface area contributed by atoms with Crippen LogP contribution >= 0.6 is 11.8 Å². The van der Waals surface area contributed by atoms with Crippen LogP contribution in [-0.4, -0.2) is 36.2 Å². The molecule has 1 N–H and O–H groups in total. The van der Waals surface area contributed by atoms with E-state index in [1.54, 1.807) is 6.07 Å². The van der Waals surface area contributed by atoms with Crippen LogP contribution in [0.5, 0.6) is 0 Å². The fraction of sp³-hybridized carbons (Fsp3) is 0.286. The summed E-state index contributed by atoms with van der Waals surface area (Å²) in [7, 11) is 0. The van der Waals surface area contributed by atoms with Gasteiger partial charge in [0.25, 0.3) is 5.91 Å². The number of ether oxygens (including phenoxy) is 1. The van der Waals surface area contributed by atoms with E-state index in [4.69, 9.17) is 4.74 Å². The van der Waals surface area contributed by atoms with Crippen LogP contribution in [0.25, 0.3) is 0 Å². The van der Waals surface area contributed by atoms with Gasteiger partial charge < -0.3 is 10.1 Å². The van der Waals surface area contributed by atoms with Crippen molar-refractivity contribution in [1.82, 2.24) is 0 Å². The van der Waals surface area contributed by atoms with Crippen LogP contribution in [-0.2, 0) is 25.5 Å². The highest BCUT2D eigenvalue weighted by atomic mass is 32.2. The molecule has 0 saturated carbocycles. The van der Waals surface area contributed by atoms with Gasteiger partial charge in [0.05, 0.1) is 11.4 Å². The maximum Gasteiger partial charge on any atom is 0.326 e. The van der Waals surface area contributed by atoms with Crippen LogP contribution in [0, 0.1) is 0 Å². The molecule has 7 heteroatoms. The molecular formula is C21H22N2O4S. The topological polar surface area (TPSA) is 75.7 Å². The summed E-state index contributed by atoms with van der Waals surface area (Å²) in [5, 5.41) is 2.73. The lowest BCUT2D eigenvalue weighted by molar-refractivity contribution is -0.152. The third-order valence-corrected chi connectivity index (χ3v) is 5.45. The maximum atomic E-state index is 12.3. The number of anilines is 2. The Balaban J connectivity index is 1.58. The number of carbonyl (C=O) groups is 3. The van der Waals surface area contributed by atoms with Gasteiger partial charge in [0, 0.05) is 10.6 Å². The van der Waals surface area contributed by atoms with Crippen molar-refractivity contribution in [2.45, 2.75) is 31.3 Å². The first-order valence-corrected chi connectivity index (χ1v) is 10.1. The summed E-state index contributed by atoms with van der Waals surface area (Å²) in [6, 6.07) is 14.9. The number of benzene rings is 2. The smallest absolute Gasteiger partial charge is 0.326 e. The number of para-hydroxylation sites is 1. The minimum atomic E-state index is -0.970. The van der Waals surface area contributed by atoms with Crippen LogP contribution in [0.4, 0.5) is 11.4 Å². The van der Waals surface area contributed by atoms with E-state index in [0.29, 0.717) is 11.4 Å². The van der Waals surface area contributed by atoms with Crippen LogP contribution in [0.15, 0.2) is 53.4 Å². The molecule has 1 atom stereocenters. The van der Waals surface area contributed by atoms with Crippen LogP contribution in [0.1, 0.15) is 19.4 Å². The lowest BCUT2D eigenvalue weighted by atomic mass is 10.1. The van der Waals surface area contributed by atoms with Crippen molar-refractivity contribution in [1.29, 1.82) is 0 Å². The number of amides is 2. The van der Waals surface area contributed by atoms with Crippen molar-refractivity contribution in [2.75, 3.05) is 22.5 Å². The van der Waals surface area contributed by atoms with E-state index in [-0.39, 0.29) is 18.2 Å². The minimum Gasteiger partial charge on any atom is -0.451 e. The highest BCUT2D eigenvalue weighted by molar-refractivity contribution is 8.00. The second-order valence-corrected chi connectivity index (χ2v) is 7.43. The number of thioether (sulfide) groups is 1. The van der Waals surface area contributed by atoms with Crippen molar-refractivity contribution in [3.63, 3.8) is 0 Å². The molecule has 0 unspecified atom stereocenters. The van der Waals surface area contributed by atoms with Crippen LogP contribution in [0.3, 0.4) is 0 Å². The lowest BCUT2D eigenvalue weighted by Gasteiger charge is -2.28. The number of fused-ring (bicyclic) bond motifs is 1. The Bertz CT molecular complexity index is 882.